The Labute approximate surface area is 115 Å². The maximum absolute atomic E-state index is 13.7. The van der Waals surface area contributed by atoms with E-state index in [-0.39, 0.29) is 29.4 Å². The van der Waals surface area contributed by atoms with Crippen molar-refractivity contribution in [1.29, 1.82) is 0 Å². The Morgan fingerprint density at radius 2 is 2.22 bits per heavy atom. The highest BCUT2D eigenvalue weighted by Crippen LogP contribution is 2.23. The molecule has 6 heteroatoms. The molecule has 1 aromatic carbocycles. The van der Waals surface area contributed by atoms with Crippen LogP contribution in [0.15, 0.2) is 22.7 Å². The quantitative estimate of drug-likeness (QED) is 0.922. The van der Waals surface area contributed by atoms with Gasteiger partial charge in [0, 0.05) is 22.1 Å². The number of hydrogen-bond acceptors (Lipinski definition) is 3. The Kier molecular flexibility index (Phi) is 4.08. The van der Waals surface area contributed by atoms with Crippen LogP contribution in [0.5, 0.6) is 0 Å². The molecule has 3 nitrogen and oxygen atoms in total. The van der Waals surface area contributed by atoms with Crippen molar-refractivity contribution in [2.75, 3.05) is 11.5 Å². The summed E-state index contributed by atoms with van der Waals surface area (Å²) in [6.45, 7) is 1.84. The molecule has 18 heavy (non-hydrogen) atoms. The zero-order valence-electron chi connectivity index (χ0n) is 9.99. The van der Waals surface area contributed by atoms with Crippen molar-refractivity contribution in [3.05, 3.63) is 34.1 Å². The summed E-state index contributed by atoms with van der Waals surface area (Å²) in [5.74, 6) is 0.0877. The largest absolute Gasteiger partial charge is 0.306 e. The molecule has 0 spiro atoms. The summed E-state index contributed by atoms with van der Waals surface area (Å²) in [6.07, 6.45) is 0.599. The minimum atomic E-state index is -2.91. The van der Waals surface area contributed by atoms with E-state index >= 15 is 0 Å². The van der Waals surface area contributed by atoms with E-state index < -0.39 is 9.84 Å². The summed E-state index contributed by atoms with van der Waals surface area (Å²) in [4.78, 5) is 0. The lowest BCUT2D eigenvalue weighted by atomic mass is 10.1. The lowest BCUT2D eigenvalue weighted by Crippen LogP contribution is -2.32. The predicted octanol–water partition coefficient (Wildman–Crippen LogP) is 2.43. The average Bonchev–Trinajstić information content (AvgIpc) is 2.61. The van der Waals surface area contributed by atoms with Crippen LogP contribution in [-0.2, 0) is 9.84 Å². The lowest BCUT2D eigenvalue weighted by molar-refractivity contribution is 0.467. The maximum atomic E-state index is 13.7. The van der Waals surface area contributed by atoms with E-state index in [2.05, 4.69) is 21.2 Å². The predicted molar refractivity (Wildman–Crippen MR) is 72.7 cm³/mol. The van der Waals surface area contributed by atoms with Gasteiger partial charge in [0.15, 0.2) is 9.84 Å². The van der Waals surface area contributed by atoms with Crippen LogP contribution in [0.3, 0.4) is 0 Å². The third-order valence-electron chi connectivity index (χ3n) is 3.14. The van der Waals surface area contributed by atoms with Crippen molar-refractivity contribution in [1.82, 2.24) is 5.32 Å². The van der Waals surface area contributed by atoms with Gasteiger partial charge in [0.2, 0.25) is 0 Å². The molecular weight excluding hydrogens is 321 g/mol. The molecule has 100 valence electrons. The molecule has 1 N–H and O–H groups in total. The Morgan fingerprint density at radius 3 is 2.83 bits per heavy atom. The van der Waals surface area contributed by atoms with E-state index in [1.807, 2.05) is 6.92 Å². The zero-order valence-corrected chi connectivity index (χ0v) is 12.4. The van der Waals surface area contributed by atoms with Gasteiger partial charge in [0.05, 0.1) is 11.5 Å². The number of halogens is 2. The van der Waals surface area contributed by atoms with Crippen LogP contribution < -0.4 is 5.32 Å². The van der Waals surface area contributed by atoms with Crippen molar-refractivity contribution >= 4 is 25.8 Å². The molecule has 2 atom stereocenters. The van der Waals surface area contributed by atoms with Crippen molar-refractivity contribution in [3.63, 3.8) is 0 Å². The molecule has 0 bridgehead atoms. The standard InChI is InChI=1S/C12H15BrFNO2S/c1-8(11-6-9(13)2-3-12(11)14)15-10-4-5-18(16,17)7-10/h2-3,6,8,10,15H,4-5,7H2,1H3. The third kappa shape index (κ3) is 3.30. The molecular formula is C12H15BrFNO2S. The molecule has 0 amide bonds. The highest BCUT2D eigenvalue weighted by Gasteiger charge is 2.29. The lowest BCUT2D eigenvalue weighted by Gasteiger charge is -2.19. The van der Waals surface area contributed by atoms with Crippen LogP contribution in [0.25, 0.3) is 0 Å². The summed E-state index contributed by atoms with van der Waals surface area (Å²) in [5.41, 5.74) is 0.550. The minimum absolute atomic E-state index is 0.0802. The topological polar surface area (TPSA) is 46.2 Å². The first-order valence-electron chi connectivity index (χ1n) is 5.79. The summed E-state index contributed by atoms with van der Waals surface area (Å²) in [5, 5.41) is 3.18. The molecule has 1 saturated heterocycles. The van der Waals surface area contributed by atoms with E-state index in [1.165, 1.54) is 6.07 Å². The number of sulfone groups is 1. The van der Waals surface area contributed by atoms with Crippen LogP contribution in [0, 0.1) is 5.82 Å². The fourth-order valence-electron chi connectivity index (χ4n) is 2.22. The van der Waals surface area contributed by atoms with Crippen LogP contribution in [0.4, 0.5) is 4.39 Å². The van der Waals surface area contributed by atoms with E-state index in [9.17, 15) is 12.8 Å². The molecule has 2 rings (SSSR count). The van der Waals surface area contributed by atoms with Crippen molar-refractivity contribution in [2.24, 2.45) is 0 Å². The fraction of sp³-hybridized carbons (Fsp3) is 0.500. The van der Waals surface area contributed by atoms with Crippen LogP contribution in [0.2, 0.25) is 0 Å². The van der Waals surface area contributed by atoms with Gasteiger partial charge in [-0.05, 0) is 31.5 Å². The van der Waals surface area contributed by atoms with E-state index in [0.717, 1.165) is 4.47 Å². The smallest absolute Gasteiger partial charge is 0.151 e. The summed E-state index contributed by atoms with van der Waals surface area (Å²) < 4.78 is 37.2. The van der Waals surface area contributed by atoms with Crippen molar-refractivity contribution < 1.29 is 12.8 Å². The normalized spacial score (nSPS) is 24.1. The highest BCUT2D eigenvalue weighted by atomic mass is 79.9. The second kappa shape index (κ2) is 5.27. The zero-order chi connectivity index (χ0) is 13.3. The first-order valence-corrected chi connectivity index (χ1v) is 8.40. The van der Waals surface area contributed by atoms with Gasteiger partial charge in [-0.25, -0.2) is 12.8 Å². The summed E-state index contributed by atoms with van der Waals surface area (Å²) >= 11 is 3.31. The molecule has 1 aromatic rings. The van der Waals surface area contributed by atoms with Crippen molar-refractivity contribution in [3.8, 4) is 0 Å². The van der Waals surface area contributed by atoms with Gasteiger partial charge in [-0.15, -0.1) is 0 Å². The number of benzene rings is 1. The van der Waals surface area contributed by atoms with Gasteiger partial charge in [0.1, 0.15) is 5.82 Å². The molecule has 1 aliphatic heterocycles. The minimum Gasteiger partial charge on any atom is -0.306 e. The average molecular weight is 336 g/mol. The highest BCUT2D eigenvalue weighted by molar-refractivity contribution is 9.10. The number of nitrogens with one attached hydrogen (secondary N) is 1. The molecule has 0 saturated carbocycles. The fourth-order valence-corrected chi connectivity index (χ4v) is 4.28. The Hall–Kier alpha value is -0.460. The van der Waals surface area contributed by atoms with Gasteiger partial charge in [0.25, 0.3) is 0 Å². The van der Waals surface area contributed by atoms with Gasteiger partial charge in [-0.1, -0.05) is 15.9 Å². The summed E-state index contributed by atoms with van der Waals surface area (Å²) in [6, 6.07) is 4.48. The summed E-state index contributed by atoms with van der Waals surface area (Å²) in [7, 11) is -2.91. The van der Waals surface area contributed by atoms with E-state index in [1.54, 1.807) is 12.1 Å². The maximum Gasteiger partial charge on any atom is 0.151 e. The van der Waals surface area contributed by atoms with Gasteiger partial charge in [-0.3, -0.25) is 0 Å². The van der Waals surface area contributed by atoms with Gasteiger partial charge >= 0.3 is 0 Å². The Bertz CT molecular complexity index is 547. The molecule has 0 aliphatic carbocycles. The van der Waals surface area contributed by atoms with Crippen LogP contribution in [-0.4, -0.2) is 26.0 Å². The monoisotopic (exact) mass is 335 g/mol. The van der Waals surface area contributed by atoms with Crippen LogP contribution >= 0.6 is 15.9 Å². The second-order valence-corrected chi connectivity index (χ2v) is 7.80. The molecule has 0 aromatic heterocycles. The molecule has 1 aliphatic rings. The van der Waals surface area contributed by atoms with Crippen LogP contribution in [0.1, 0.15) is 24.9 Å². The Balaban J connectivity index is 2.08. The molecule has 0 radical (unpaired) electrons. The van der Waals surface area contributed by atoms with Gasteiger partial charge in [-0.2, -0.15) is 0 Å². The SMILES string of the molecule is CC(NC1CCS(=O)(=O)C1)c1cc(Br)ccc1F. The number of hydrogen-bond donors (Lipinski definition) is 1. The Morgan fingerprint density at radius 1 is 1.50 bits per heavy atom. The van der Waals surface area contributed by atoms with Gasteiger partial charge < -0.3 is 5.32 Å². The number of rotatable bonds is 3. The molecule has 2 unspecified atom stereocenters. The van der Waals surface area contributed by atoms with E-state index in [0.29, 0.717) is 12.0 Å². The second-order valence-electron chi connectivity index (χ2n) is 4.65. The first-order chi connectivity index (χ1) is 8.37. The first kappa shape index (κ1) is 14.0. The van der Waals surface area contributed by atoms with Crippen molar-refractivity contribution in [2.45, 2.75) is 25.4 Å². The van der Waals surface area contributed by atoms with E-state index in [4.69, 9.17) is 0 Å². The molecule has 1 fully saturated rings. The molecule has 1 heterocycles. The third-order valence-corrected chi connectivity index (χ3v) is 5.40.